The first-order valence-corrected chi connectivity index (χ1v) is 11.3. The van der Waals surface area contributed by atoms with Gasteiger partial charge in [-0.1, -0.05) is 43.5 Å². The van der Waals surface area contributed by atoms with Crippen LogP contribution < -0.4 is 5.32 Å². The number of carbonyl (C=O) groups excluding carboxylic acids is 1. The van der Waals surface area contributed by atoms with E-state index in [-0.39, 0.29) is 24.5 Å². The number of hydrogen-bond acceptors (Lipinski definition) is 3. The fourth-order valence-electron chi connectivity index (χ4n) is 5.36. The van der Waals surface area contributed by atoms with Gasteiger partial charge >= 0.3 is 5.97 Å². The van der Waals surface area contributed by atoms with Crippen LogP contribution in [0.4, 0.5) is 0 Å². The van der Waals surface area contributed by atoms with Gasteiger partial charge in [0.2, 0.25) is 5.91 Å². The molecular formula is C24H34N2O3. The molecule has 0 atom stereocenters. The van der Waals surface area contributed by atoms with E-state index in [0.29, 0.717) is 5.92 Å². The summed E-state index contributed by atoms with van der Waals surface area (Å²) in [7, 11) is 0. The monoisotopic (exact) mass is 398 g/mol. The van der Waals surface area contributed by atoms with Gasteiger partial charge in [-0.25, -0.2) is 0 Å². The average molecular weight is 399 g/mol. The molecule has 0 unspecified atom stereocenters. The summed E-state index contributed by atoms with van der Waals surface area (Å²) in [5.74, 6) is 0.107. The number of benzene rings is 1. The second kappa shape index (κ2) is 8.47. The number of aryl methyl sites for hydroxylation is 1. The third kappa shape index (κ3) is 4.50. The first-order chi connectivity index (χ1) is 14.0. The lowest BCUT2D eigenvalue weighted by molar-refractivity contribution is -0.140. The summed E-state index contributed by atoms with van der Waals surface area (Å²) in [6.45, 7) is 3.12. The van der Waals surface area contributed by atoms with E-state index in [9.17, 15) is 14.7 Å². The number of carboxylic acid groups (broad SMARTS) is 1. The van der Waals surface area contributed by atoms with Gasteiger partial charge in [0.15, 0.2) is 0 Å². The van der Waals surface area contributed by atoms with Crippen LogP contribution in [0.25, 0.3) is 0 Å². The van der Waals surface area contributed by atoms with E-state index >= 15 is 0 Å². The van der Waals surface area contributed by atoms with Gasteiger partial charge in [0.1, 0.15) is 0 Å². The molecule has 2 N–H and O–H groups in total. The quantitative estimate of drug-likeness (QED) is 0.701. The van der Waals surface area contributed by atoms with Crippen molar-refractivity contribution in [3.63, 3.8) is 0 Å². The molecular weight excluding hydrogens is 364 g/mol. The van der Waals surface area contributed by atoms with Crippen LogP contribution in [0.1, 0.15) is 68.9 Å². The fourth-order valence-corrected chi connectivity index (χ4v) is 5.36. The molecule has 3 fully saturated rings. The van der Waals surface area contributed by atoms with E-state index in [2.05, 4.69) is 29.3 Å². The van der Waals surface area contributed by atoms with Crippen LogP contribution in [-0.4, -0.2) is 47.1 Å². The maximum Gasteiger partial charge on any atom is 0.317 e. The van der Waals surface area contributed by atoms with E-state index in [1.165, 1.54) is 30.4 Å². The Bertz CT molecular complexity index is 746. The Morgan fingerprint density at radius 1 is 1.14 bits per heavy atom. The molecule has 0 aliphatic heterocycles. The standard InChI is InChI=1S/C24H34N2O3/c1-17-7-3-4-8-21(17)24(11-5-2-6-12-24)23(29)25-19-13-20(14-19)26(16-22(27)28)15-18-9-10-18/h3-4,7-8,18-20H,2,5-6,9-16H2,1H3,(H,25,29)(H,27,28). The fraction of sp³-hybridized carbons (Fsp3) is 0.667. The van der Waals surface area contributed by atoms with Gasteiger partial charge in [-0.05, 0) is 62.5 Å². The number of aliphatic carboxylic acids is 1. The lowest BCUT2D eigenvalue weighted by Gasteiger charge is -2.45. The Balaban J connectivity index is 1.40. The number of hydrogen-bond donors (Lipinski definition) is 2. The number of nitrogens with zero attached hydrogens (tertiary/aromatic N) is 1. The third-order valence-electron chi connectivity index (χ3n) is 7.30. The van der Waals surface area contributed by atoms with Crippen molar-refractivity contribution in [1.29, 1.82) is 0 Å². The zero-order valence-corrected chi connectivity index (χ0v) is 17.5. The highest BCUT2D eigenvalue weighted by Crippen LogP contribution is 2.42. The molecule has 0 heterocycles. The molecule has 158 valence electrons. The normalized spacial score (nSPS) is 26.0. The van der Waals surface area contributed by atoms with E-state index in [1.807, 2.05) is 12.1 Å². The average Bonchev–Trinajstić information content (AvgIpc) is 3.48. The summed E-state index contributed by atoms with van der Waals surface area (Å²) in [6.07, 6.45) is 9.44. The molecule has 1 aromatic carbocycles. The molecule has 4 rings (SSSR count). The smallest absolute Gasteiger partial charge is 0.317 e. The first-order valence-electron chi connectivity index (χ1n) is 11.3. The molecule has 3 aliphatic carbocycles. The molecule has 0 spiro atoms. The Hall–Kier alpha value is -1.88. The number of nitrogens with one attached hydrogen (secondary N) is 1. The maximum atomic E-state index is 13.5. The van der Waals surface area contributed by atoms with Crippen LogP contribution in [0.5, 0.6) is 0 Å². The number of carboxylic acids is 1. The van der Waals surface area contributed by atoms with Gasteiger partial charge in [0, 0.05) is 18.6 Å². The van der Waals surface area contributed by atoms with Crippen molar-refractivity contribution in [2.45, 2.75) is 82.2 Å². The van der Waals surface area contributed by atoms with Crippen molar-refractivity contribution >= 4 is 11.9 Å². The SMILES string of the molecule is Cc1ccccc1C1(C(=O)NC2CC(N(CC(=O)O)CC3CC3)C2)CCCCC1. The van der Waals surface area contributed by atoms with Crippen molar-refractivity contribution in [3.05, 3.63) is 35.4 Å². The molecule has 3 saturated carbocycles. The van der Waals surface area contributed by atoms with Crippen LogP contribution in [0, 0.1) is 12.8 Å². The lowest BCUT2D eigenvalue weighted by Crippen LogP contribution is -2.58. The largest absolute Gasteiger partial charge is 0.480 e. The van der Waals surface area contributed by atoms with Gasteiger partial charge in [0.25, 0.3) is 0 Å². The second-order valence-electron chi connectivity index (χ2n) is 9.52. The van der Waals surface area contributed by atoms with Crippen molar-refractivity contribution < 1.29 is 14.7 Å². The Labute approximate surface area is 173 Å². The zero-order valence-electron chi connectivity index (χ0n) is 17.5. The van der Waals surface area contributed by atoms with Gasteiger partial charge < -0.3 is 10.4 Å². The van der Waals surface area contributed by atoms with Gasteiger partial charge in [-0.15, -0.1) is 0 Å². The minimum atomic E-state index is -0.751. The summed E-state index contributed by atoms with van der Waals surface area (Å²) < 4.78 is 0. The third-order valence-corrected chi connectivity index (χ3v) is 7.30. The van der Waals surface area contributed by atoms with E-state index in [1.54, 1.807) is 0 Å². The summed E-state index contributed by atoms with van der Waals surface area (Å²) >= 11 is 0. The van der Waals surface area contributed by atoms with Crippen molar-refractivity contribution in [2.75, 3.05) is 13.1 Å². The highest BCUT2D eigenvalue weighted by molar-refractivity contribution is 5.89. The van der Waals surface area contributed by atoms with Crippen LogP contribution in [0.15, 0.2) is 24.3 Å². The summed E-state index contributed by atoms with van der Waals surface area (Å²) in [6, 6.07) is 8.80. The highest BCUT2D eigenvalue weighted by Gasteiger charge is 2.45. The lowest BCUT2D eigenvalue weighted by atomic mass is 9.67. The predicted octanol–water partition coefficient (Wildman–Crippen LogP) is 3.64. The second-order valence-corrected chi connectivity index (χ2v) is 9.52. The molecule has 29 heavy (non-hydrogen) atoms. The molecule has 5 heteroatoms. The maximum absolute atomic E-state index is 13.5. The van der Waals surface area contributed by atoms with Gasteiger partial charge in [-0.3, -0.25) is 14.5 Å². The minimum absolute atomic E-state index is 0.120. The topological polar surface area (TPSA) is 69.6 Å². The number of rotatable bonds is 8. The minimum Gasteiger partial charge on any atom is -0.480 e. The van der Waals surface area contributed by atoms with Crippen LogP contribution in [0.2, 0.25) is 0 Å². The summed E-state index contributed by atoms with van der Waals surface area (Å²) in [5.41, 5.74) is 1.99. The molecule has 3 aliphatic rings. The van der Waals surface area contributed by atoms with Crippen molar-refractivity contribution in [1.82, 2.24) is 10.2 Å². The number of amides is 1. The first kappa shape index (κ1) is 20.4. The van der Waals surface area contributed by atoms with Crippen LogP contribution in [0.3, 0.4) is 0 Å². The molecule has 0 saturated heterocycles. The summed E-state index contributed by atoms with van der Waals surface area (Å²) in [4.78, 5) is 26.9. The van der Waals surface area contributed by atoms with Crippen molar-refractivity contribution in [3.8, 4) is 0 Å². The molecule has 0 bridgehead atoms. The highest BCUT2D eigenvalue weighted by atomic mass is 16.4. The Kier molecular flexibility index (Phi) is 5.95. The Morgan fingerprint density at radius 3 is 2.45 bits per heavy atom. The molecule has 5 nitrogen and oxygen atoms in total. The molecule has 0 aromatic heterocycles. The van der Waals surface area contributed by atoms with E-state index in [0.717, 1.165) is 45.1 Å². The predicted molar refractivity (Wildman–Crippen MR) is 113 cm³/mol. The van der Waals surface area contributed by atoms with E-state index < -0.39 is 11.4 Å². The molecule has 1 amide bonds. The molecule has 0 radical (unpaired) electrons. The van der Waals surface area contributed by atoms with Crippen molar-refractivity contribution in [2.24, 2.45) is 5.92 Å². The molecule has 1 aromatic rings. The van der Waals surface area contributed by atoms with Crippen LogP contribution in [-0.2, 0) is 15.0 Å². The van der Waals surface area contributed by atoms with E-state index in [4.69, 9.17) is 0 Å². The zero-order chi connectivity index (χ0) is 20.4. The number of carbonyl (C=O) groups is 2. The summed E-state index contributed by atoms with van der Waals surface area (Å²) in [5, 5.41) is 12.6. The Morgan fingerprint density at radius 2 is 1.83 bits per heavy atom. The van der Waals surface area contributed by atoms with Crippen LogP contribution >= 0.6 is 0 Å². The van der Waals surface area contributed by atoms with Gasteiger partial charge in [0.05, 0.1) is 12.0 Å². The van der Waals surface area contributed by atoms with Gasteiger partial charge in [-0.2, -0.15) is 0 Å².